The van der Waals surface area contributed by atoms with Gasteiger partial charge in [0.15, 0.2) is 0 Å². The summed E-state index contributed by atoms with van der Waals surface area (Å²) in [5.74, 6) is 0. The van der Waals surface area contributed by atoms with Crippen molar-refractivity contribution in [3.05, 3.63) is 30.3 Å². The molecule has 0 bridgehead atoms. The fourth-order valence-corrected chi connectivity index (χ4v) is 1.25. The molecule has 1 N–H and O–H groups in total. The minimum Gasteiger partial charge on any atom is -0.249 e. The van der Waals surface area contributed by atoms with Crippen molar-refractivity contribution in [2.45, 2.75) is 4.90 Å². The van der Waals surface area contributed by atoms with Gasteiger partial charge in [-0.15, -0.1) is 0 Å². The van der Waals surface area contributed by atoms with Crippen LogP contribution in [-0.4, -0.2) is 10.5 Å². The SMILES string of the molecule is CS(=N)(=O)c1[c]cccc1. The summed E-state index contributed by atoms with van der Waals surface area (Å²) in [6.45, 7) is 0. The minimum absolute atomic E-state index is 0.468. The zero-order valence-electron chi connectivity index (χ0n) is 5.63. The number of nitrogens with one attached hydrogen (secondary N) is 1. The summed E-state index contributed by atoms with van der Waals surface area (Å²) in [4.78, 5) is 0.468. The van der Waals surface area contributed by atoms with E-state index in [0.717, 1.165) is 0 Å². The fourth-order valence-electron chi connectivity index (χ4n) is 0.619. The lowest BCUT2D eigenvalue weighted by Gasteiger charge is -1.96. The summed E-state index contributed by atoms with van der Waals surface area (Å²) < 4.78 is 18.2. The molecule has 0 aliphatic heterocycles. The van der Waals surface area contributed by atoms with Gasteiger partial charge in [0.2, 0.25) is 0 Å². The van der Waals surface area contributed by atoms with Crippen LogP contribution in [0.5, 0.6) is 0 Å². The maximum absolute atomic E-state index is 11.0. The van der Waals surface area contributed by atoms with Crippen LogP contribution in [-0.2, 0) is 9.73 Å². The van der Waals surface area contributed by atoms with Gasteiger partial charge in [0.1, 0.15) is 0 Å². The largest absolute Gasteiger partial charge is 0.249 e. The second-order valence-corrected chi connectivity index (χ2v) is 4.20. The van der Waals surface area contributed by atoms with E-state index in [4.69, 9.17) is 4.78 Å². The predicted octanol–water partition coefficient (Wildman–Crippen LogP) is 1.52. The molecular weight excluding hydrogens is 146 g/mol. The Morgan fingerprint density at radius 1 is 1.60 bits per heavy atom. The Kier molecular flexibility index (Phi) is 1.76. The molecule has 0 amide bonds. The van der Waals surface area contributed by atoms with E-state index in [-0.39, 0.29) is 0 Å². The quantitative estimate of drug-likeness (QED) is 0.654. The van der Waals surface area contributed by atoms with Crippen molar-refractivity contribution in [3.63, 3.8) is 0 Å². The average molecular weight is 154 g/mol. The van der Waals surface area contributed by atoms with Crippen molar-refractivity contribution < 1.29 is 4.21 Å². The molecule has 0 aliphatic rings. The van der Waals surface area contributed by atoms with Crippen LogP contribution in [0.1, 0.15) is 0 Å². The Balaban J connectivity index is 3.22. The molecule has 0 fully saturated rings. The first kappa shape index (κ1) is 7.28. The lowest BCUT2D eigenvalue weighted by molar-refractivity contribution is 0.679. The molecule has 1 unspecified atom stereocenters. The highest BCUT2D eigenvalue weighted by Crippen LogP contribution is 2.05. The molecule has 10 heavy (non-hydrogen) atoms. The summed E-state index contributed by atoms with van der Waals surface area (Å²) in [6, 6.07) is 9.59. The molecule has 53 valence electrons. The Hall–Kier alpha value is -0.830. The average Bonchev–Trinajstić information content (AvgIpc) is 1.88. The Bertz CT molecular complexity index is 302. The molecular formula is C7H8NOS. The molecule has 1 rings (SSSR count). The Morgan fingerprint density at radius 3 is 2.60 bits per heavy atom. The van der Waals surface area contributed by atoms with E-state index < -0.39 is 9.73 Å². The number of rotatable bonds is 1. The van der Waals surface area contributed by atoms with Crippen molar-refractivity contribution in [1.82, 2.24) is 0 Å². The third-order valence-corrected chi connectivity index (χ3v) is 2.19. The van der Waals surface area contributed by atoms with Gasteiger partial charge >= 0.3 is 0 Å². The van der Waals surface area contributed by atoms with Gasteiger partial charge in [-0.05, 0) is 12.1 Å². The van der Waals surface area contributed by atoms with E-state index in [1.54, 1.807) is 24.3 Å². The predicted molar refractivity (Wildman–Crippen MR) is 40.3 cm³/mol. The molecule has 1 aromatic carbocycles. The highest BCUT2D eigenvalue weighted by Gasteiger charge is 1.99. The first-order valence-corrected chi connectivity index (χ1v) is 4.78. The van der Waals surface area contributed by atoms with E-state index in [1.807, 2.05) is 0 Å². The van der Waals surface area contributed by atoms with Gasteiger partial charge in [-0.25, -0.2) is 8.99 Å². The maximum Gasteiger partial charge on any atom is 0.0703 e. The molecule has 0 heterocycles. The minimum atomic E-state index is -2.56. The standard InChI is InChI=1S/C7H8NOS/c1-10(8,9)7-5-3-2-4-6-7/h2-5,8H,1H3. The van der Waals surface area contributed by atoms with Gasteiger partial charge < -0.3 is 0 Å². The summed E-state index contributed by atoms with van der Waals surface area (Å²) in [5, 5.41) is 0. The zero-order chi connectivity index (χ0) is 7.61. The fraction of sp³-hybridized carbons (Fsp3) is 0.143. The van der Waals surface area contributed by atoms with Crippen LogP contribution >= 0.6 is 0 Å². The molecule has 0 saturated heterocycles. The normalized spacial score (nSPS) is 16.1. The summed E-state index contributed by atoms with van der Waals surface area (Å²) in [6.07, 6.45) is 1.39. The van der Waals surface area contributed by atoms with Crippen LogP contribution in [0.25, 0.3) is 0 Å². The van der Waals surface area contributed by atoms with Gasteiger partial charge in [-0.2, -0.15) is 0 Å². The highest BCUT2D eigenvalue weighted by molar-refractivity contribution is 7.91. The van der Waals surface area contributed by atoms with Crippen molar-refractivity contribution >= 4 is 9.73 Å². The highest BCUT2D eigenvalue weighted by atomic mass is 32.2. The second kappa shape index (κ2) is 2.42. The zero-order valence-corrected chi connectivity index (χ0v) is 6.44. The lowest BCUT2D eigenvalue weighted by atomic mass is 10.4. The Morgan fingerprint density at radius 2 is 2.30 bits per heavy atom. The molecule has 3 heteroatoms. The molecule has 1 atom stereocenters. The summed E-state index contributed by atoms with van der Waals surface area (Å²) in [7, 11) is -2.56. The van der Waals surface area contributed by atoms with Crippen LogP contribution in [0.3, 0.4) is 0 Å². The van der Waals surface area contributed by atoms with Crippen LogP contribution in [0.15, 0.2) is 29.2 Å². The molecule has 0 saturated carbocycles. The van der Waals surface area contributed by atoms with Gasteiger partial charge in [-0.1, -0.05) is 18.2 Å². The van der Waals surface area contributed by atoms with E-state index >= 15 is 0 Å². The number of benzene rings is 1. The second-order valence-electron chi connectivity index (χ2n) is 2.07. The molecule has 0 spiro atoms. The Labute approximate surface area is 60.9 Å². The molecule has 2 nitrogen and oxygen atoms in total. The number of hydrogen-bond acceptors (Lipinski definition) is 2. The number of hydrogen-bond donors (Lipinski definition) is 1. The van der Waals surface area contributed by atoms with Gasteiger partial charge in [0.25, 0.3) is 0 Å². The first-order valence-electron chi connectivity index (χ1n) is 2.81. The smallest absolute Gasteiger partial charge is 0.0703 e. The van der Waals surface area contributed by atoms with E-state index in [9.17, 15) is 4.21 Å². The first-order chi connectivity index (χ1) is 4.61. The van der Waals surface area contributed by atoms with Crippen LogP contribution in [0.4, 0.5) is 0 Å². The maximum atomic E-state index is 11.0. The third-order valence-electron chi connectivity index (χ3n) is 1.10. The topological polar surface area (TPSA) is 40.9 Å². The molecule has 0 aliphatic carbocycles. The van der Waals surface area contributed by atoms with Gasteiger partial charge in [0.05, 0.1) is 14.6 Å². The van der Waals surface area contributed by atoms with Crippen molar-refractivity contribution in [2.24, 2.45) is 0 Å². The van der Waals surface area contributed by atoms with Crippen molar-refractivity contribution in [2.75, 3.05) is 6.26 Å². The monoisotopic (exact) mass is 154 g/mol. The van der Waals surface area contributed by atoms with E-state index in [0.29, 0.717) is 4.90 Å². The van der Waals surface area contributed by atoms with Crippen LogP contribution < -0.4 is 0 Å². The van der Waals surface area contributed by atoms with Crippen LogP contribution in [0, 0.1) is 10.8 Å². The molecule has 1 radical (unpaired) electrons. The van der Waals surface area contributed by atoms with Gasteiger partial charge in [-0.3, -0.25) is 0 Å². The van der Waals surface area contributed by atoms with E-state index in [2.05, 4.69) is 6.07 Å². The lowest BCUT2D eigenvalue weighted by Crippen LogP contribution is -1.93. The van der Waals surface area contributed by atoms with Crippen molar-refractivity contribution in [1.29, 1.82) is 4.78 Å². The summed E-state index contributed by atoms with van der Waals surface area (Å²) >= 11 is 0. The molecule has 0 aromatic heterocycles. The molecule has 1 aromatic rings. The van der Waals surface area contributed by atoms with Gasteiger partial charge in [0, 0.05) is 6.26 Å². The van der Waals surface area contributed by atoms with Crippen molar-refractivity contribution in [3.8, 4) is 0 Å². The summed E-state index contributed by atoms with van der Waals surface area (Å²) in [5.41, 5.74) is 0. The van der Waals surface area contributed by atoms with Crippen LogP contribution in [0.2, 0.25) is 0 Å². The van der Waals surface area contributed by atoms with E-state index in [1.165, 1.54) is 6.26 Å². The third kappa shape index (κ3) is 1.57.